The van der Waals surface area contributed by atoms with E-state index in [0.717, 1.165) is 11.6 Å². The Labute approximate surface area is 92.7 Å². The molecule has 82 valence electrons. The van der Waals surface area contributed by atoms with Gasteiger partial charge in [0.15, 0.2) is 0 Å². The molecule has 1 aromatic rings. The molecular weight excluding hydrogens is 182 g/mol. The number of rotatable bonds is 1. The van der Waals surface area contributed by atoms with Crippen LogP contribution in [0.1, 0.15) is 49.7 Å². The van der Waals surface area contributed by atoms with Gasteiger partial charge in [0, 0.05) is 5.69 Å². The highest BCUT2D eigenvalue weighted by Gasteiger charge is 2.24. The zero-order valence-corrected chi connectivity index (χ0v) is 9.79. The fraction of sp³-hybridized carbons (Fsp3) is 0.571. The molecule has 2 rings (SSSR count). The highest BCUT2D eigenvalue weighted by Crippen LogP contribution is 2.39. The van der Waals surface area contributed by atoms with Gasteiger partial charge in [-0.05, 0) is 36.8 Å². The molecule has 0 aliphatic heterocycles. The third-order valence-electron chi connectivity index (χ3n) is 3.75. The molecule has 0 spiro atoms. The topological polar surface area (TPSA) is 26.0 Å². The maximum absolute atomic E-state index is 6.08. The van der Waals surface area contributed by atoms with E-state index in [4.69, 9.17) is 5.73 Å². The zero-order chi connectivity index (χ0) is 10.8. The van der Waals surface area contributed by atoms with Gasteiger partial charge in [-0.1, -0.05) is 43.9 Å². The maximum Gasteiger partial charge on any atom is 0.0349 e. The fourth-order valence-electron chi connectivity index (χ4n) is 2.79. The summed E-state index contributed by atoms with van der Waals surface area (Å²) >= 11 is 0. The van der Waals surface area contributed by atoms with Gasteiger partial charge in [-0.15, -0.1) is 0 Å². The van der Waals surface area contributed by atoms with Crippen molar-refractivity contribution in [1.82, 2.24) is 0 Å². The minimum atomic E-state index is 0.693. The van der Waals surface area contributed by atoms with Crippen molar-refractivity contribution in [2.24, 2.45) is 5.92 Å². The molecule has 0 heterocycles. The molecule has 15 heavy (non-hydrogen) atoms. The maximum atomic E-state index is 6.08. The molecule has 0 amide bonds. The average molecular weight is 203 g/mol. The fourth-order valence-corrected chi connectivity index (χ4v) is 2.79. The van der Waals surface area contributed by atoms with Crippen LogP contribution in [0.3, 0.4) is 0 Å². The van der Waals surface area contributed by atoms with Gasteiger partial charge in [-0.3, -0.25) is 0 Å². The normalized spacial score (nSPS) is 26.5. The molecule has 1 fully saturated rings. The number of nitrogens with two attached hydrogens (primary N) is 1. The Morgan fingerprint density at radius 3 is 2.67 bits per heavy atom. The SMILES string of the molecule is Cc1ccc(N)c(C2CCCCC2C)c1. The van der Waals surface area contributed by atoms with Gasteiger partial charge in [-0.25, -0.2) is 0 Å². The van der Waals surface area contributed by atoms with Crippen LogP contribution in [-0.2, 0) is 0 Å². The van der Waals surface area contributed by atoms with Gasteiger partial charge in [0.05, 0.1) is 0 Å². The molecule has 1 aromatic carbocycles. The highest BCUT2D eigenvalue weighted by molar-refractivity contribution is 5.50. The molecule has 0 aromatic heterocycles. The smallest absolute Gasteiger partial charge is 0.0349 e. The number of hydrogen-bond acceptors (Lipinski definition) is 1. The van der Waals surface area contributed by atoms with E-state index < -0.39 is 0 Å². The van der Waals surface area contributed by atoms with Crippen molar-refractivity contribution in [3.05, 3.63) is 29.3 Å². The standard InChI is InChI=1S/C14H21N/c1-10-7-8-14(15)13(9-10)12-6-4-3-5-11(12)2/h7-9,11-12H,3-6,15H2,1-2H3. The summed E-state index contributed by atoms with van der Waals surface area (Å²) in [5.41, 5.74) is 9.79. The minimum Gasteiger partial charge on any atom is -0.398 e. The van der Waals surface area contributed by atoms with Gasteiger partial charge < -0.3 is 5.73 Å². The third-order valence-corrected chi connectivity index (χ3v) is 3.75. The average Bonchev–Trinajstić information content (AvgIpc) is 2.23. The summed E-state index contributed by atoms with van der Waals surface area (Å²) in [6.07, 6.45) is 5.43. The van der Waals surface area contributed by atoms with Crippen LogP contribution in [0.2, 0.25) is 0 Å². The molecule has 0 bridgehead atoms. The first-order valence-electron chi connectivity index (χ1n) is 6.04. The quantitative estimate of drug-likeness (QED) is 0.689. The Kier molecular flexibility index (Phi) is 2.99. The van der Waals surface area contributed by atoms with Crippen molar-refractivity contribution in [2.75, 3.05) is 5.73 Å². The first-order valence-corrected chi connectivity index (χ1v) is 6.04. The number of anilines is 1. The molecule has 2 unspecified atom stereocenters. The summed E-state index contributed by atoms with van der Waals surface area (Å²) in [5, 5.41) is 0. The van der Waals surface area contributed by atoms with E-state index in [9.17, 15) is 0 Å². The molecule has 1 aliphatic rings. The lowest BCUT2D eigenvalue weighted by Gasteiger charge is -2.30. The van der Waals surface area contributed by atoms with E-state index in [-0.39, 0.29) is 0 Å². The Balaban J connectivity index is 2.30. The van der Waals surface area contributed by atoms with Crippen LogP contribution < -0.4 is 5.73 Å². The lowest BCUT2D eigenvalue weighted by molar-refractivity contribution is 0.331. The lowest BCUT2D eigenvalue weighted by Crippen LogP contribution is -2.16. The molecule has 1 nitrogen and oxygen atoms in total. The van der Waals surface area contributed by atoms with E-state index in [1.54, 1.807) is 0 Å². The second-order valence-electron chi connectivity index (χ2n) is 5.00. The van der Waals surface area contributed by atoms with Gasteiger partial charge in [-0.2, -0.15) is 0 Å². The van der Waals surface area contributed by atoms with E-state index in [2.05, 4.69) is 32.0 Å². The van der Waals surface area contributed by atoms with E-state index >= 15 is 0 Å². The number of nitrogen functional groups attached to an aromatic ring is 1. The zero-order valence-electron chi connectivity index (χ0n) is 9.79. The lowest BCUT2D eigenvalue weighted by atomic mass is 9.76. The van der Waals surface area contributed by atoms with E-state index in [1.807, 2.05) is 0 Å². The Morgan fingerprint density at radius 2 is 1.93 bits per heavy atom. The molecule has 2 atom stereocenters. The Morgan fingerprint density at radius 1 is 1.20 bits per heavy atom. The molecule has 1 aliphatic carbocycles. The van der Waals surface area contributed by atoms with Crippen LogP contribution in [0.15, 0.2) is 18.2 Å². The van der Waals surface area contributed by atoms with Crippen LogP contribution in [0.25, 0.3) is 0 Å². The van der Waals surface area contributed by atoms with E-state index in [1.165, 1.54) is 36.8 Å². The number of aryl methyl sites for hydroxylation is 1. The van der Waals surface area contributed by atoms with Crippen molar-refractivity contribution in [1.29, 1.82) is 0 Å². The van der Waals surface area contributed by atoms with Crippen molar-refractivity contribution < 1.29 is 0 Å². The van der Waals surface area contributed by atoms with Crippen LogP contribution in [0, 0.1) is 12.8 Å². The molecule has 1 heteroatoms. The summed E-state index contributed by atoms with van der Waals surface area (Å²) in [6.45, 7) is 4.52. The summed E-state index contributed by atoms with van der Waals surface area (Å²) in [6, 6.07) is 6.44. The summed E-state index contributed by atoms with van der Waals surface area (Å²) in [4.78, 5) is 0. The summed E-state index contributed by atoms with van der Waals surface area (Å²) in [5.74, 6) is 1.49. The number of hydrogen-bond donors (Lipinski definition) is 1. The van der Waals surface area contributed by atoms with Crippen LogP contribution in [-0.4, -0.2) is 0 Å². The Hall–Kier alpha value is -0.980. The highest BCUT2D eigenvalue weighted by atomic mass is 14.6. The van der Waals surface area contributed by atoms with Crippen molar-refractivity contribution in [3.63, 3.8) is 0 Å². The van der Waals surface area contributed by atoms with Gasteiger partial charge in [0.1, 0.15) is 0 Å². The summed E-state index contributed by atoms with van der Waals surface area (Å²) < 4.78 is 0. The molecule has 0 saturated heterocycles. The number of benzene rings is 1. The second-order valence-corrected chi connectivity index (χ2v) is 5.00. The summed E-state index contributed by atoms with van der Waals surface area (Å²) in [7, 11) is 0. The Bertz CT molecular complexity index is 343. The predicted molar refractivity (Wildman–Crippen MR) is 66.0 cm³/mol. The van der Waals surface area contributed by atoms with Crippen LogP contribution in [0.5, 0.6) is 0 Å². The van der Waals surface area contributed by atoms with Crippen molar-refractivity contribution in [3.8, 4) is 0 Å². The van der Waals surface area contributed by atoms with Crippen LogP contribution >= 0.6 is 0 Å². The van der Waals surface area contributed by atoms with Crippen molar-refractivity contribution in [2.45, 2.75) is 45.4 Å². The van der Waals surface area contributed by atoms with Crippen molar-refractivity contribution >= 4 is 5.69 Å². The largest absolute Gasteiger partial charge is 0.398 e. The first kappa shape index (κ1) is 10.5. The second kappa shape index (κ2) is 4.26. The molecule has 2 N–H and O–H groups in total. The van der Waals surface area contributed by atoms with Gasteiger partial charge in [0.25, 0.3) is 0 Å². The van der Waals surface area contributed by atoms with E-state index in [0.29, 0.717) is 5.92 Å². The first-order chi connectivity index (χ1) is 7.18. The molecule has 1 saturated carbocycles. The monoisotopic (exact) mass is 203 g/mol. The molecule has 0 radical (unpaired) electrons. The third kappa shape index (κ3) is 2.17. The van der Waals surface area contributed by atoms with Gasteiger partial charge in [0.2, 0.25) is 0 Å². The molecular formula is C14H21N. The minimum absolute atomic E-state index is 0.693. The predicted octanol–water partition coefficient (Wildman–Crippen LogP) is 3.87. The van der Waals surface area contributed by atoms with Crippen LogP contribution in [0.4, 0.5) is 5.69 Å². The van der Waals surface area contributed by atoms with Gasteiger partial charge >= 0.3 is 0 Å².